The summed E-state index contributed by atoms with van der Waals surface area (Å²) >= 11 is 6.33. The number of benzene rings is 1. The highest BCUT2D eigenvalue weighted by molar-refractivity contribution is 6.30. The number of hydrogen-bond donors (Lipinski definition) is 0. The fourth-order valence-electron chi connectivity index (χ4n) is 4.69. The number of fused-ring (bicyclic) bond motifs is 3. The highest BCUT2D eigenvalue weighted by atomic mass is 35.5. The molecule has 33 heavy (non-hydrogen) atoms. The molecule has 2 aliphatic rings. The summed E-state index contributed by atoms with van der Waals surface area (Å²) in [6, 6.07) is 5.80. The molecule has 2 aromatic rings. The molecule has 1 aromatic carbocycles. The fourth-order valence-corrected chi connectivity index (χ4v) is 4.88. The predicted octanol–water partition coefficient (Wildman–Crippen LogP) is 6.01. The lowest BCUT2D eigenvalue weighted by Crippen LogP contribution is -2.35. The first-order valence-corrected chi connectivity index (χ1v) is 12.2. The first-order chi connectivity index (χ1) is 15.4. The molecule has 0 spiro atoms. The molecule has 0 atom stereocenters. The van der Waals surface area contributed by atoms with Gasteiger partial charge in [0.2, 0.25) is 0 Å². The SMILES string of the molecule is CC(C)(C)OC(=O)N1Cc2cc(Cl)ccc2-n2c(nnc2[C@H]2CC[C@@H](OC(C)(C)C)CC2)C1. The fraction of sp³-hybridized carbons (Fsp3) is 0.640. The lowest BCUT2D eigenvalue weighted by Gasteiger charge is -2.33. The van der Waals surface area contributed by atoms with Gasteiger partial charge < -0.3 is 9.47 Å². The normalized spacial score (nSPS) is 21.2. The van der Waals surface area contributed by atoms with Crippen LogP contribution in [-0.4, -0.2) is 43.1 Å². The maximum atomic E-state index is 12.9. The van der Waals surface area contributed by atoms with Gasteiger partial charge in [-0.1, -0.05) is 11.6 Å². The van der Waals surface area contributed by atoms with Crippen LogP contribution in [0.1, 0.15) is 90.4 Å². The van der Waals surface area contributed by atoms with Crippen molar-refractivity contribution >= 4 is 17.7 Å². The molecule has 0 saturated heterocycles. The van der Waals surface area contributed by atoms with Crippen LogP contribution in [0.5, 0.6) is 0 Å². The highest BCUT2D eigenvalue weighted by Crippen LogP contribution is 2.37. The van der Waals surface area contributed by atoms with Crippen LogP contribution in [0.15, 0.2) is 18.2 Å². The lowest BCUT2D eigenvalue weighted by molar-refractivity contribution is -0.0753. The summed E-state index contributed by atoms with van der Waals surface area (Å²) < 4.78 is 14.0. The number of carbonyl (C=O) groups is 1. The molecule has 1 aliphatic carbocycles. The molecule has 180 valence electrons. The van der Waals surface area contributed by atoms with E-state index in [1.165, 1.54) is 0 Å². The molecule has 2 heterocycles. The molecule has 0 bridgehead atoms. The van der Waals surface area contributed by atoms with Gasteiger partial charge in [-0.3, -0.25) is 9.47 Å². The van der Waals surface area contributed by atoms with Crippen LogP contribution in [0, 0.1) is 0 Å². The third kappa shape index (κ3) is 5.69. The summed E-state index contributed by atoms with van der Waals surface area (Å²) in [4.78, 5) is 14.6. The van der Waals surface area contributed by atoms with Gasteiger partial charge in [0.25, 0.3) is 0 Å². The van der Waals surface area contributed by atoms with Crippen molar-refractivity contribution in [2.45, 2.75) is 104 Å². The van der Waals surface area contributed by atoms with Crippen LogP contribution >= 0.6 is 11.6 Å². The molecule has 4 rings (SSSR count). The number of ether oxygens (including phenoxy) is 2. The van der Waals surface area contributed by atoms with E-state index in [0.29, 0.717) is 24.0 Å². The van der Waals surface area contributed by atoms with Gasteiger partial charge in [-0.2, -0.15) is 0 Å². The monoisotopic (exact) mass is 474 g/mol. The van der Waals surface area contributed by atoms with E-state index in [2.05, 4.69) is 35.5 Å². The maximum Gasteiger partial charge on any atom is 0.411 e. The zero-order valence-electron chi connectivity index (χ0n) is 20.5. The molecular formula is C25H35ClN4O3. The molecular weight excluding hydrogens is 440 g/mol. The number of hydrogen-bond acceptors (Lipinski definition) is 5. The Balaban J connectivity index is 1.63. The molecule has 1 fully saturated rings. The first-order valence-electron chi connectivity index (χ1n) is 11.8. The molecule has 0 N–H and O–H groups in total. The summed E-state index contributed by atoms with van der Waals surface area (Å²) in [5, 5.41) is 9.77. The molecule has 0 radical (unpaired) electrons. The topological polar surface area (TPSA) is 69.5 Å². The van der Waals surface area contributed by atoms with Crippen molar-refractivity contribution in [3.63, 3.8) is 0 Å². The van der Waals surface area contributed by atoms with E-state index in [0.717, 1.165) is 48.6 Å². The number of aromatic nitrogens is 3. The molecule has 0 unspecified atom stereocenters. The van der Waals surface area contributed by atoms with E-state index in [1.807, 2.05) is 39.0 Å². The average Bonchev–Trinajstić information content (AvgIpc) is 3.02. The Labute approximate surface area is 201 Å². The van der Waals surface area contributed by atoms with E-state index in [9.17, 15) is 4.79 Å². The van der Waals surface area contributed by atoms with Crippen LogP contribution in [0.3, 0.4) is 0 Å². The Bertz CT molecular complexity index is 1010. The summed E-state index contributed by atoms with van der Waals surface area (Å²) in [6.07, 6.45) is 3.91. The van der Waals surface area contributed by atoms with Crippen molar-refractivity contribution in [2.75, 3.05) is 0 Å². The second-order valence-corrected chi connectivity index (χ2v) is 11.6. The molecule has 1 aliphatic heterocycles. The molecule has 8 heteroatoms. The quantitative estimate of drug-likeness (QED) is 0.532. The summed E-state index contributed by atoms with van der Waals surface area (Å²) in [6.45, 7) is 12.7. The highest BCUT2D eigenvalue weighted by Gasteiger charge is 2.33. The van der Waals surface area contributed by atoms with Crippen molar-refractivity contribution in [3.05, 3.63) is 40.4 Å². The number of amides is 1. The Hall–Kier alpha value is -2.12. The molecule has 1 amide bonds. The largest absolute Gasteiger partial charge is 0.444 e. The van der Waals surface area contributed by atoms with Crippen LogP contribution in [0.25, 0.3) is 5.69 Å². The molecule has 1 saturated carbocycles. The summed E-state index contributed by atoms with van der Waals surface area (Å²) in [7, 11) is 0. The van der Waals surface area contributed by atoms with E-state index >= 15 is 0 Å². The summed E-state index contributed by atoms with van der Waals surface area (Å²) in [5.74, 6) is 1.99. The van der Waals surface area contributed by atoms with Crippen molar-refractivity contribution in [1.29, 1.82) is 0 Å². The number of halogens is 1. The Morgan fingerprint density at radius 2 is 1.70 bits per heavy atom. The van der Waals surface area contributed by atoms with Gasteiger partial charge in [0.15, 0.2) is 5.82 Å². The number of carbonyl (C=O) groups excluding carboxylic acids is 1. The smallest absolute Gasteiger partial charge is 0.411 e. The Kier molecular flexibility index (Phi) is 6.49. The van der Waals surface area contributed by atoms with Gasteiger partial charge in [0.05, 0.1) is 30.5 Å². The molecule has 1 aromatic heterocycles. The van der Waals surface area contributed by atoms with E-state index in [4.69, 9.17) is 21.1 Å². The van der Waals surface area contributed by atoms with Gasteiger partial charge in [-0.05, 0) is 91.0 Å². The van der Waals surface area contributed by atoms with Gasteiger partial charge in [-0.15, -0.1) is 10.2 Å². The van der Waals surface area contributed by atoms with Gasteiger partial charge in [-0.25, -0.2) is 4.79 Å². The van der Waals surface area contributed by atoms with Crippen molar-refractivity contribution < 1.29 is 14.3 Å². The third-order valence-electron chi connectivity index (χ3n) is 5.94. The minimum Gasteiger partial charge on any atom is -0.444 e. The van der Waals surface area contributed by atoms with Gasteiger partial charge in [0, 0.05) is 10.9 Å². The average molecular weight is 475 g/mol. The van der Waals surface area contributed by atoms with Crippen molar-refractivity contribution in [2.24, 2.45) is 0 Å². The van der Waals surface area contributed by atoms with Crippen LogP contribution < -0.4 is 0 Å². The minimum absolute atomic E-state index is 0.132. The zero-order chi connectivity index (χ0) is 24.0. The predicted molar refractivity (Wildman–Crippen MR) is 128 cm³/mol. The van der Waals surface area contributed by atoms with Crippen molar-refractivity contribution in [1.82, 2.24) is 19.7 Å². The second-order valence-electron chi connectivity index (χ2n) is 11.1. The number of rotatable bonds is 2. The van der Waals surface area contributed by atoms with E-state index < -0.39 is 5.60 Å². The van der Waals surface area contributed by atoms with Crippen LogP contribution in [0.2, 0.25) is 5.02 Å². The zero-order valence-corrected chi connectivity index (χ0v) is 21.3. The third-order valence-corrected chi connectivity index (χ3v) is 6.18. The second kappa shape index (κ2) is 8.91. The maximum absolute atomic E-state index is 12.9. The summed E-state index contributed by atoms with van der Waals surface area (Å²) in [5.41, 5.74) is 1.23. The van der Waals surface area contributed by atoms with E-state index in [-0.39, 0.29) is 17.8 Å². The van der Waals surface area contributed by atoms with Crippen LogP contribution in [0.4, 0.5) is 4.79 Å². The van der Waals surface area contributed by atoms with Gasteiger partial charge in [0.1, 0.15) is 11.4 Å². The number of nitrogens with zero attached hydrogens (tertiary/aromatic N) is 4. The van der Waals surface area contributed by atoms with Crippen molar-refractivity contribution in [3.8, 4) is 5.69 Å². The lowest BCUT2D eigenvalue weighted by atomic mass is 9.86. The Morgan fingerprint density at radius 3 is 2.33 bits per heavy atom. The molecule has 7 nitrogen and oxygen atoms in total. The van der Waals surface area contributed by atoms with Crippen LogP contribution in [-0.2, 0) is 22.6 Å². The van der Waals surface area contributed by atoms with Gasteiger partial charge >= 0.3 is 6.09 Å². The Morgan fingerprint density at radius 1 is 1.00 bits per heavy atom. The minimum atomic E-state index is -0.576. The first kappa shape index (κ1) is 24.0. The van der Waals surface area contributed by atoms with E-state index in [1.54, 1.807) is 4.90 Å². The standard InChI is InChI=1S/C25H35ClN4O3/c1-24(2,3)32-19-10-7-16(8-11-19)22-28-27-21-15-29(23(31)33-25(4,5)6)14-17-13-18(26)9-12-20(17)30(21)22/h9,12-13,16,19H,7-8,10-11,14-15H2,1-6H3/t16-,19+.